The van der Waals surface area contributed by atoms with Gasteiger partial charge in [-0.1, -0.05) is 75.2 Å². The molecule has 142 valence electrons. The summed E-state index contributed by atoms with van der Waals surface area (Å²) in [6, 6.07) is 8.64. The highest BCUT2D eigenvalue weighted by atomic mass is 16.5. The van der Waals surface area contributed by atoms with Gasteiger partial charge in [0.25, 0.3) is 0 Å². The van der Waals surface area contributed by atoms with Gasteiger partial charge in [-0.15, -0.1) is 0 Å². The first-order valence-corrected chi connectivity index (χ1v) is 10.5. The van der Waals surface area contributed by atoms with Crippen LogP contribution >= 0.6 is 0 Å². The minimum atomic E-state index is 0.372. The van der Waals surface area contributed by atoms with Crippen LogP contribution in [0.4, 0.5) is 0 Å². The molecule has 0 bridgehead atoms. The molecule has 2 heterocycles. The summed E-state index contributed by atoms with van der Waals surface area (Å²) in [6.07, 6.45) is 13.1. The summed E-state index contributed by atoms with van der Waals surface area (Å²) < 4.78 is 5.50. The molecule has 1 saturated heterocycles. The minimum Gasteiger partial charge on any atom is -0.339 e. The molecule has 1 N–H and O–H groups in total. The average Bonchev–Trinajstić information content (AvgIpc) is 3.36. The van der Waals surface area contributed by atoms with Crippen molar-refractivity contribution < 1.29 is 4.52 Å². The zero-order valence-corrected chi connectivity index (χ0v) is 16.2. The van der Waals surface area contributed by atoms with Crippen LogP contribution < -0.4 is 5.32 Å². The standard InChI is InChI=1S/C22H33N3O/c1-2-3-4-5-6-7-8-9-11-18-12-10-13-19(16-18)21-24-22(26-25-21)20-14-15-23-17-20/h10,12-13,16,20,23H,2-9,11,14-15,17H2,1H3/t20-/m1/s1. The van der Waals surface area contributed by atoms with Crippen molar-refractivity contribution in [3.63, 3.8) is 0 Å². The summed E-state index contributed by atoms with van der Waals surface area (Å²) >= 11 is 0. The topological polar surface area (TPSA) is 51.0 Å². The number of aromatic nitrogens is 2. The van der Waals surface area contributed by atoms with Crippen molar-refractivity contribution >= 4 is 0 Å². The molecule has 2 aromatic rings. The van der Waals surface area contributed by atoms with Crippen LogP contribution in [-0.2, 0) is 6.42 Å². The van der Waals surface area contributed by atoms with Gasteiger partial charge >= 0.3 is 0 Å². The Balaban J connectivity index is 1.44. The number of unbranched alkanes of at least 4 members (excludes halogenated alkanes) is 7. The van der Waals surface area contributed by atoms with Crippen LogP contribution in [-0.4, -0.2) is 23.2 Å². The first-order chi connectivity index (χ1) is 12.9. The Morgan fingerprint density at radius 2 is 1.88 bits per heavy atom. The molecular formula is C22H33N3O. The van der Waals surface area contributed by atoms with E-state index in [4.69, 9.17) is 4.52 Å². The van der Waals surface area contributed by atoms with Crippen LogP contribution in [0.3, 0.4) is 0 Å². The number of benzene rings is 1. The Labute approximate surface area is 157 Å². The summed E-state index contributed by atoms with van der Waals surface area (Å²) in [7, 11) is 0. The highest BCUT2D eigenvalue weighted by Crippen LogP contribution is 2.24. The number of rotatable bonds is 11. The molecule has 1 atom stereocenters. The average molecular weight is 356 g/mol. The van der Waals surface area contributed by atoms with Gasteiger partial charge in [0.2, 0.25) is 11.7 Å². The lowest BCUT2D eigenvalue weighted by atomic mass is 10.0. The van der Waals surface area contributed by atoms with Crippen molar-refractivity contribution in [3.05, 3.63) is 35.7 Å². The molecule has 26 heavy (non-hydrogen) atoms. The summed E-state index contributed by atoms with van der Waals surface area (Å²) in [5.74, 6) is 1.87. The van der Waals surface area contributed by atoms with Gasteiger partial charge in [-0.2, -0.15) is 4.98 Å². The molecule has 0 amide bonds. The third-order valence-corrected chi connectivity index (χ3v) is 5.36. The quantitative estimate of drug-likeness (QED) is 0.541. The van der Waals surface area contributed by atoms with E-state index < -0.39 is 0 Å². The Hall–Kier alpha value is -1.68. The zero-order chi connectivity index (χ0) is 18.0. The maximum absolute atomic E-state index is 5.50. The smallest absolute Gasteiger partial charge is 0.231 e. The number of nitrogens with zero attached hydrogens (tertiary/aromatic N) is 2. The van der Waals surface area contributed by atoms with Crippen LogP contribution in [0.1, 0.15) is 82.1 Å². The lowest BCUT2D eigenvalue weighted by Crippen LogP contribution is -2.08. The van der Waals surface area contributed by atoms with E-state index in [-0.39, 0.29) is 0 Å². The van der Waals surface area contributed by atoms with Gasteiger partial charge in [0.05, 0.1) is 5.92 Å². The fourth-order valence-corrected chi connectivity index (χ4v) is 3.71. The molecule has 0 radical (unpaired) electrons. The fourth-order valence-electron chi connectivity index (χ4n) is 3.71. The van der Waals surface area contributed by atoms with Gasteiger partial charge < -0.3 is 9.84 Å². The molecule has 1 aromatic heterocycles. The number of hydrogen-bond acceptors (Lipinski definition) is 4. The third-order valence-electron chi connectivity index (χ3n) is 5.36. The first-order valence-electron chi connectivity index (χ1n) is 10.5. The highest BCUT2D eigenvalue weighted by Gasteiger charge is 2.23. The van der Waals surface area contributed by atoms with Crippen LogP contribution in [0.15, 0.2) is 28.8 Å². The van der Waals surface area contributed by atoms with E-state index in [9.17, 15) is 0 Å². The molecule has 0 aliphatic carbocycles. The number of aryl methyl sites for hydroxylation is 1. The summed E-state index contributed by atoms with van der Waals surface area (Å²) in [4.78, 5) is 4.63. The Morgan fingerprint density at radius 1 is 1.08 bits per heavy atom. The van der Waals surface area contributed by atoms with Crippen LogP contribution in [0.2, 0.25) is 0 Å². The van der Waals surface area contributed by atoms with Crippen LogP contribution in [0.5, 0.6) is 0 Å². The molecule has 1 aliphatic rings. The van der Waals surface area contributed by atoms with Gasteiger partial charge in [-0.25, -0.2) is 0 Å². The minimum absolute atomic E-state index is 0.372. The molecule has 0 unspecified atom stereocenters. The van der Waals surface area contributed by atoms with Gasteiger partial charge in [-0.3, -0.25) is 0 Å². The van der Waals surface area contributed by atoms with E-state index in [0.29, 0.717) is 5.92 Å². The maximum atomic E-state index is 5.50. The highest BCUT2D eigenvalue weighted by molar-refractivity contribution is 5.55. The predicted octanol–water partition coefficient (Wildman–Crippen LogP) is 5.50. The van der Waals surface area contributed by atoms with Crippen molar-refractivity contribution in [3.8, 4) is 11.4 Å². The largest absolute Gasteiger partial charge is 0.339 e. The van der Waals surface area contributed by atoms with Crippen molar-refractivity contribution in [2.75, 3.05) is 13.1 Å². The molecule has 1 aromatic carbocycles. The second kappa shape index (κ2) is 10.5. The van der Waals surface area contributed by atoms with Gasteiger partial charge in [-0.05, 0) is 37.4 Å². The monoisotopic (exact) mass is 355 g/mol. The van der Waals surface area contributed by atoms with Crippen molar-refractivity contribution in [1.29, 1.82) is 0 Å². The summed E-state index contributed by atoms with van der Waals surface area (Å²) in [5.41, 5.74) is 2.45. The third kappa shape index (κ3) is 5.66. The Kier molecular flexibility index (Phi) is 7.68. The lowest BCUT2D eigenvalue weighted by Gasteiger charge is -2.04. The Morgan fingerprint density at radius 3 is 2.65 bits per heavy atom. The van der Waals surface area contributed by atoms with E-state index in [1.54, 1.807) is 0 Å². The lowest BCUT2D eigenvalue weighted by molar-refractivity contribution is 0.359. The van der Waals surface area contributed by atoms with Crippen molar-refractivity contribution in [1.82, 2.24) is 15.5 Å². The van der Waals surface area contributed by atoms with E-state index >= 15 is 0 Å². The van der Waals surface area contributed by atoms with E-state index in [1.807, 2.05) is 0 Å². The maximum Gasteiger partial charge on any atom is 0.231 e. The number of hydrogen-bond donors (Lipinski definition) is 1. The first kappa shape index (κ1) is 19.1. The van der Waals surface area contributed by atoms with Crippen molar-refractivity contribution in [2.24, 2.45) is 0 Å². The molecular weight excluding hydrogens is 322 g/mol. The van der Waals surface area contributed by atoms with E-state index in [1.165, 1.54) is 56.9 Å². The second-order valence-corrected chi connectivity index (χ2v) is 7.57. The summed E-state index contributed by atoms with van der Waals surface area (Å²) in [6.45, 7) is 4.26. The molecule has 4 nitrogen and oxygen atoms in total. The fraction of sp³-hybridized carbons (Fsp3) is 0.636. The van der Waals surface area contributed by atoms with E-state index in [0.717, 1.165) is 43.2 Å². The van der Waals surface area contributed by atoms with Gasteiger partial charge in [0.15, 0.2) is 0 Å². The molecule has 0 saturated carbocycles. The molecule has 1 fully saturated rings. The molecule has 3 rings (SSSR count). The zero-order valence-electron chi connectivity index (χ0n) is 16.2. The predicted molar refractivity (Wildman–Crippen MR) is 106 cm³/mol. The van der Waals surface area contributed by atoms with Crippen LogP contribution in [0.25, 0.3) is 11.4 Å². The van der Waals surface area contributed by atoms with Gasteiger partial charge in [0.1, 0.15) is 0 Å². The molecule has 4 heteroatoms. The SMILES string of the molecule is CCCCCCCCCCc1cccc(-c2noc([C@@H]3CCNC3)n2)c1. The van der Waals surface area contributed by atoms with Crippen LogP contribution in [0, 0.1) is 0 Å². The molecule has 0 spiro atoms. The van der Waals surface area contributed by atoms with Gasteiger partial charge in [0, 0.05) is 12.1 Å². The normalized spacial score (nSPS) is 17.0. The number of nitrogens with one attached hydrogen (secondary N) is 1. The second-order valence-electron chi connectivity index (χ2n) is 7.57. The molecule has 1 aliphatic heterocycles. The van der Waals surface area contributed by atoms with Crippen molar-refractivity contribution in [2.45, 2.75) is 77.0 Å². The van der Waals surface area contributed by atoms with E-state index in [2.05, 4.69) is 46.6 Å². The summed E-state index contributed by atoms with van der Waals surface area (Å²) in [5, 5.41) is 7.55. The Bertz CT molecular complexity index is 646.